The Kier molecular flexibility index (Phi) is 4.93. The number of phenolic OH excluding ortho intramolecular Hbond substituents is 1. The summed E-state index contributed by atoms with van der Waals surface area (Å²) in [7, 11) is 0. The average molecular weight is 320 g/mol. The molecule has 0 aliphatic heterocycles. The molecule has 2 rings (SSSR count). The van der Waals surface area contributed by atoms with Gasteiger partial charge >= 0.3 is 6.09 Å². The van der Waals surface area contributed by atoms with Gasteiger partial charge in [-0.15, -0.1) is 0 Å². The third-order valence-electron chi connectivity index (χ3n) is 3.26. The SMILES string of the molecule is CC(C)(NC(=O)OCc1ccccc1)c1ccc(Cl)cc1O. The van der Waals surface area contributed by atoms with Gasteiger partial charge in [0.1, 0.15) is 12.4 Å². The topological polar surface area (TPSA) is 58.6 Å². The fourth-order valence-electron chi connectivity index (χ4n) is 2.11. The Morgan fingerprint density at radius 1 is 1.23 bits per heavy atom. The van der Waals surface area contributed by atoms with Crippen LogP contribution in [0.1, 0.15) is 25.0 Å². The molecule has 0 spiro atoms. The number of phenols is 1. The van der Waals surface area contributed by atoms with Crippen LogP contribution in [0.15, 0.2) is 48.5 Å². The van der Waals surface area contributed by atoms with Gasteiger partial charge in [0.05, 0.1) is 5.54 Å². The quantitative estimate of drug-likeness (QED) is 0.887. The predicted molar refractivity (Wildman–Crippen MR) is 85.9 cm³/mol. The average Bonchev–Trinajstić information content (AvgIpc) is 2.45. The number of aromatic hydroxyl groups is 1. The lowest BCUT2D eigenvalue weighted by molar-refractivity contribution is 0.129. The van der Waals surface area contributed by atoms with Crippen molar-refractivity contribution in [2.75, 3.05) is 0 Å². The standard InChI is InChI=1S/C17H18ClNO3/c1-17(2,14-9-8-13(18)10-15(14)20)19-16(21)22-11-12-6-4-3-5-7-12/h3-10,20H,11H2,1-2H3,(H,19,21). The van der Waals surface area contributed by atoms with Crippen molar-refractivity contribution in [1.82, 2.24) is 5.32 Å². The number of amides is 1. The van der Waals surface area contributed by atoms with E-state index in [0.717, 1.165) is 5.56 Å². The molecule has 5 heteroatoms. The van der Waals surface area contributed by atoms with Gasteiger partial charge in [0.25, 0.3) is 0 Å². The van der Waals surface area contributed by atoms with E-state index in [-0.39, 0.29) is 12.4 Å². The van der Waals surface area contributed by atoms with Crippen molar-refractivity contribution in [3.05, 3.63) is 64.7 Å². The molecule has 0 bridgehead atoms. The summed E-state index contributed by atoms with van der Waals surface area (Å²) in [6, 6.07) is 14.2. The molecule has 0 saturated carbocycles. The number of hydrogen-bond donors (Lipinski definition) is 2. The Morgan fingerprint density at radius 3 is 2.55 bits per heavy atom. The van der Waals surface area contributed by atoms with Crippen molar-refractivity contribution in [3.63, 3.8) is 0 Å². The van der Waals surface area contributed by atoms with Crippen molar-refractivity contribution in [1.29, 1.82) is 0 Å². The molecule has 4 nitrogen and oxygen atoms in total. The Bertz CT molecular complexity index is 656. The van der Waals surface area contributed by atoms with Crippen LogP contribution in [0.2, 0.25) is 5.02 Å². The van der Waals surface area contributed by atoms with Gasteiger partial charge in [-0.2, -0.15) is 0 Å². The van der Waals surface area contributed by atoms with Crippen LogP contribution in [0, 0.1) is 0 Å². The molecule has 2 aromatic rings. The first kappa shape index (κ1) is 16.2. The zero-order chi connectivity index (χ0) is 16.2. The van der Waals surface area contributed by atoms with Crippen molar-refractivity contribution in [3.8, 4) is 5.75 Å². The number of carbonyl (C=O) groups excluding carboxylic acids is 1. The van der Waals surface area contributed by atoms with Gasteiger partial charge in [-0.25, -0.2) is 4.79 Å². The molecular formula is C17H18ClNO3. The summed E-state index contributed by atoms with van der Waals surface area (Å²) in [5.74, 6) is 0.0286. The van der Waals surface area contributed by atoms with Crippen LogP contribution in [-0.4, -0.2) is 11.2 Å². The van der Waals surface area contributed by atoms with E-state index in [2.05, 4.69) is 5.32 Å². The number of hydrogen-bond acceptors (Lipinski definition) is 3. The number of alkyl carbamates (subject to hydrolysis) is 1. The number of carbonyl (C=O) groups is 1. The van der Waals surface area contributed by atoms with Gasteiger partial charge in [-0.3, -0.25) is 0 Å². The van der Waals surface area contributed by atoms with Gasteiger partial charge in [0.2, 0.25) is 0 Å². The summed E-state index contributed by atoms with van der Waals surface area (Å²) in [5, 5.41) is 13.1. The third-order valence-corrected chi connectivity index (χ3v) is 3.50. The molecule has 0 aromatic heterocycles. The minimum atomic E-state index is -0.789. The molecule has 0 aliphatic rings. The minimum absolute atomic E-state index is 0.0286. The van der Waals surface area contributed by atoms with Crippen LogP contribution in [0.4, 0.5) is 4.79 Å². The first-order chi connectivity index (χ1) is 10.4. The van der Waals surface area contributed by atoms with Crippen LogP contribution in [0.3, 0.4) is 0 Å². The van der Waals surface area contributed by atoms with Gasteiger partial charge in [-0.1, -0.05) is 48.0 Å². The van der Waals surface area contributed by atoms with Crippen LogP contribution >= 0.6 is 11.6 Å². The van der Waals surface area contributed by atoms with E-state index >= 15 is 0 Å². The Balaban J connectivity index is 2.00. The van der Waals surface area contributed by atoms with E-state index in [4.69, 9.17) is 16.3 Å². The first-order valence-corrected chi connectivity index (χ1v) is 7.24. The summed E-state index contributed by atoms with van der Waals surface area (Å²) in [5.41, 5.74) is 0.681. The van der Waals surface area contributed by atoms with Crippen molar-refractivity contribution < 1.29 is 14.6 Å². The van der Waals surface area contributed by atoms with E-state index in [1.165, 1.54) is 6.07 Å². The zero-order valence-electron chi connectivity index (χ0n) is 12.5. The smallest absolute Gasteiger partial charge is 0.408 e. The van der Waals surface area contributed by atoms with Crippen LogP contribution in [0.25, 0.3) is 0 Å². The van der Waals surface area contributed by atoms with E-state index in [1.54, 1.807) is 26.0 Å². The van der Waals surface area contributed by atoms with Crippen molar-refractivity contribution in [2.45, 2.75) is 26.0 Å². The van der Waals surface area contributed by atoms with Crippen molar-refractivity contribution in [2.24, 2.45) is 0 Å². The molecule has 0 heterocycles. The first-order valence-electron chi connectivity index (χ1n) is 6.86. The summed E-state index contributed by atoms with van der Waals surface area (Å²) in [4.78, 5) is 11.9. The molecule has 22 heavy (non-hydrogen) atoms. The van der Waals surface area contributed by atoms with Gasteiger partial charge in [-0.05, 0) is 31.5 Å². The lowest BCUT2D eigenvalue weighted by atomic mass is 9.93. The van der Waals surface area contributed by atoms with E-state index in [0.29, 0.717) is 10.6 Å². The maximum absolute atomic E-state index is 11.9. The number of halogens is 1. The summed E-state index contributed by atoms with van der Waals surface area (Å²) >= 11 is 5.82. The molecule has 0 atom stereocenters. The fraction of sp³-hybridized carbons (Fsp3) is 0.235. The lowest BCUT2D eigenvalue weighted by Crippen LogP contribution is -2.41. The Labute approximate surface area is 134 Å². The Morgan fingerprint density at radius 2 is 1.91 bits per heavy atom. The third kappa shape index (κ3) is 4.15. The van der Waals surface area contributed by atoms with Crippen molar-refractivity contribution >= 4 is 17.7 Å². The molecule has 1 amide bonds. The zero-order valence-corrected chi connectivity index (χ0v) is 13.2. The second-order valence-electron chi connectivity index (χ2n) is 5.47. The molecule has 0 fully saturated rings. The predicted octanol–water partition coefficient (Wildman–Crippen LogP) is 4.21. The minimum Gasteiger partial charge on any atom is -0.508 e. The fourth-order valence-corrected chi connectivity index (χ4v) is 2.28. The Hall–Kier alpha value is -2.20. The molecule has 0 saturated heterocycles. The molecule has 0 radical (unpaired) electrons. The summed E-state index contributed by atoms with van der Waals surface area (Å²) in [6.45, 7) is 3.74. The van der Waals surface area contributed by atoms with E-state index in [1.807, 2.05) is 30.3 Å². The molecule has 2 aromatic carbocycles. The molecule has 2 N–H and O–H groups in total. The summed E-state index contributed by atoms with van der Waals surface area (Å²) in [6.07, 6.45) is -0.553. The van der Waals surface area contributed by atoms with E-state index in [9.17, 15) is 9.90 Å². The highest BCUT2D eigenvalue weighted by Gasteiger charge is 2.26. The highest BCUT2D eigenvalue weighted by Crippen LogP contribution is 2.31. The highest BCUT2D eigenvalue weighted by molar-refractivity contribution is 6.30. The van der Waals surface area contributed by atoms with Gasteiger partial charge < -0.3 is 15.2 Å². The van der Waals surface area contributed by atoms with Gasteiger partial charge in [0.15, 0.2) is 0 Å². The molecule has 0 unspecified atom stereocenters. The molecular weight excluding hydrogens is 302 g/mol. The number of rotatable bonds is 4. The van der Waals surface area contributed by atoms with Gasteiger partial charge in [0, 0.05) is 10.6 Å². The van der Waals surface area contributed by atoms with Crippen LogP contribution < -0.4 is 5.32 Å². The maximum Gasteiger partial charge on any atom is 0.408 e. The van der Waals surface area contributed by atoms with E-state index < -0.39 is 11.6 Å². The number of ether oxygens (including phenoxy) is 1. The normalized spacial score (nSPS) is 11.0. The summed E-state index contributed by atoms with van der Waals surface area (Å²) < 4.78 is 5.19. The highest BCUT2D eigenvalue weighted by atomic mass is 35.5. The van der Waals surface area contributed by atoms with Crippen LogP contribution in [0.5, 0.6) is 5.75 Å². The second-order valence-corrected chi connectivity index (χ2v) is 5.91. The number of nitrogens with one attached hydrogen (secondary N) is 1. The maximum atomic E-state index is 11.9. The monoisotopic (exact) mass is 319 g/mol. The molecule has 116 valence electrons. The molecule has 0 aliphatic carbocycles. The number of benzene rings is 2. The largest absolute Gasteiger partial charge is 0.508 e. The van der Waals surface area contributed by atoms with Crippen LogP contribution in [-0.2, 0) is 16.9 Å². The second kappa shape index (κ2) is 6.71. The lowest BCUT2D eigenvalue weighted by Gasteiger charge is -2.27.